The summed E-state index contributed by atoms with van der Waals surface area (Å²) in [7, 11) is 0. The van der Waals surface area contributed by atoms with Crippen LogP contribution >= 0.6 is 0 Å². The number of aromatic nitrogens is 2. The van der Waals surface area contributed by atoms with Gasteiger partial charge in [0.15, 0.2) is 0 Å². The summed E-state index contributed by atoms with van der Waals surface area (Å²) in [5.74, 6) is 0.178. The van der Waals surface area contributed by atoms with Gasteiger partial charge < -0.3 is 19.3 Å². The maximum atomic E-state index is 12.6. The van der Waals surface area contributed by atoms with Gasteiger partial charge in [-0.1, -0.05) is 115 Å². The van der Waals surface area contributed by atoms with Crippen LogP contribution in [0.5, 0.6) is 11.5 Å². The molecule has 0 amide bonds. The zero-order valence-electron chi connectivity index (χ0n) is 29.3. The summed E-state index contributed by atoms with van der Waals surface area (Å²) >= 11 is 0. The molecule has 0 saturated heterocycles. The third kappa shape index (κ3) is 4.83. The van der Waals surface area contributed by atoms with E-state index in [0.29, 0.717) is 5.56 Å². The number of hydrogen-bond acceptors (Lipinski definition) is 2. The van der Waals surface area contributed by atoms with E-state index in [1.807, 2.05) is 31.2 Å². The molecule has 7 aromatic carbocycles. The van der Waals surface area contributed by atoms with Gasteiger partial charge in [-0.05, 0) is 96.1 Å². The number of benzene rings is 7. The normalized spacial score (nSPS) is 12.7. The van der Waals surface area contributed by atoms with Crippen molar-refractivity contribution in [2.75, 3.05) is 0 Å². The summed E-state index contributed by atoms with van der Waals surface area (Å²) in [6.45, 7) is 1.98. The topological polar surface area (TPSA) is 50.3 Å². The van der Waals surface area contributed by atoms with E-state index in [0.717, 1.165) is 90.4 Å². The monoisotopic (exact) mass is 684 g/mol. The van der Waals surface area contributed by atoms with Gasteiger partial charge in [-0.2, -0.15) is 0 Å². The van der Waals surface area contributed by atoms with Crippen LogP contribution in [0.3, 0.4) is 0 Å². The van der Waals surface area contributed by atoms with Crippen molar-refractivity contribution in [2.24, 2.45) is 0 Å². The highest BCUT2D eigenvalue weighted by molar-refractivity contribution is 6.12. The zero-order chi connectivity index (χ0) is 35.6. The summed E-state index contributed by atoms with van der Waals surface area (Å²) in [6, 6.07) is 54.5. The fourth-order valence-electron chi connectivity index (χ4n) is 8.55. The molecular weight excluding hydrogens is 649 g/mol. The number of rotatable bonds is 5. The quantitative estimate of drug-likeness (QED) is 0.190. The lowest BCUT2D eigenvalue weighted by Crippen LogP contribution is -2.05. The molecule has 0 radical (unpaired) electrons. The van der Waals surface area contributed by atoms with Crippen LogP contribution in [0.25, 0.3) is 78.0 Å². The largest absolute Gasteiger partial charge is 0.507 e. The highest BCUT2D eigenvalue weighted by Crippen LogP contribution is 2.51. The van der Waals surface area contributed by atoms with Crippen molar-refractivity contribution in [3.05, 3.63) is 180 Å². The van der Waals surface area contributed by atoms with E-state index in [9.17, 15) is 10.2 Å². The van der Waals surface area contributed by atoms with Gasteiger partial charge in [0.05, 0.1) is 27.5 Å². The lowest BCUT2D eigenvalue weighted by molar-refractivity contribution is 0.456. The Hall–Kier alpha value is -6.78. The van der Waals surface area contributed by atoms with Crippen molar-refractivity contribution < 1.29 is 10.2 Å². The van der Waals surface area contributed by atoms with Gasteiger partial charge in [0, 0.05) is 39.0 Å². The van der Waals surface area contributed by atoms with Crippen molar-refractivity contribution >= 4 is 44.4 Å². The fourth-order valence-corrected chi connectivity index (χ4v) is 8.55. The third-order valence-corrected chi connectivity index (χ3v) is 11.0. The van der Waals surface area contributed by atoms with Crippen molar-refractivity contribution in [1.29, 1.82) is 0 Å². The molecule has 0 unspecified atom stereocenters. The van der Waals surface area contributed by atoms with Gasteiger partial charge in [0.1, 0.15) is 11.5 Å². The lowest BCUT2D eigenvalue weighted by atomic mass is 9.89. The van der Waals surface area contributed by atoms with Gasteiger partial charge in [0.25, 0.3) is 0 Å². The Kier molecular flexibility index (Phi) is 7.12. The van der Waals surface area contributed by atoms with Crippen LogP contribution in [0, 0.1) is 6.92 Å². The third-order valence-electron chi connectivity index (χ3n) is 11.0. The molecule has 4 nitrogen and oxygen atoms in total. The molecule has 9 aromatic rings. The van der Waals surface area contributed by atoms with E-state index in [2.05, 4.69) is 149 Å². The minimum Gasteiger partial charge on any atom is -0.507 e. The molecule has 1 aliphatic carbocycles. The SMILES string of the molecule is Cc1c(O)c(-c2ccc3c(c2)c2ccccc2n3-c2ccccc2)c(O)c2c3c(n(-c4cccc(-c5ccccc5)c4)c12)CCC(c1ccccc1)=C3. The zero-order valence-corrected chi connectivity index (χ0v) is 29.3. The number of hydrogen-bond donors (Lipinski definition) is 2. The maximum absolute atomic E-state index is 12.6. The molecule has 2 aromatic heterocycles. The molecule has 10 rings (SSSR count). The fraction of sp³-hybridized carbons (Fsp3) is 0.0612. The Morgan fingerprint density at radius 1 is 0.491 bits per heavy atom. The van der Waals surface area contributed by atoms with Crippen LogP contribution in [0.1, 0.15) is 28.8 Å². The summed E-state index contributed by atoms with van der Waals surface area (Å²) in [4.78, 5) is 0. The number of allylic oxidation sites excluding steroid dienone is 1. The smallest absolute Gasteiger partial charge is 0.137 e. The molecule has 1 aliphatic rings. The molecule has 2 heterocycles. The average Bonchev–Trinajstić information content (AvgIpc) is 3.74. The first-order chi connectivity index (χ1) is 26.1. The minimum absolute atomic E-state index is 0.0868. The molecule has 0 atom stereocenters. The van der Waals surface area contributed by atoms with E-state index in [4.69, 9.17) is 0 Å². The molecule has 0 bridgehead atoms. The van der Waals surface area contributed by atoms with E-state index in [-0.39, 0.29) is 11.5 Å². The first kappa shape index (κ1) is 31.0. The van der Waals surface area contributed by atoms with Crippen molar-refractivity contribution in [2.45, 2.75) is 19.8 Å². The first-order valence-electron chi connectivity index (χ1n) is 18.2. The first-order valence-corrected chi connectivity index (χ1v) is 18.2. The Balaban J connectivity index is 1.24. The highest BCUT2D eigenvalue weighted by Gasteiger charge is 2.29. The van der Waals surface area contributed by atoms with Crippen LogP contribution in [-0.4, -0.2) is 19.3 Å². The summed E-state index contributed by atoms with van der Waals surface area (Å²) < 4.78 is 4.54. The van der Waals surface area contributed by atoms with E-state index < -0.39 is 0 Å². The minimum atomic E-state index is 0.0868. The van der Waals surface area contributed by atoms with Crippen LogP contribution in [0.2, 0.25) is 0 Å². The van der Waals surface area contributed by atoms with Gasteiger partial charge in [-0.25, -0.2) is 0 Å². The van der Waals surface area contributed by atoms with Gasteiger partial charge in [0.2, 0.25) is 0 Å². The maximum Gasteiger partial charge on any atom is 0.137 e. The molecule has 0 spiro atoms. The van der Waals surface area contributed by atoms with Crippen LogP contribution in [0.15, 0.2) is 158 Å². The molecular formula is C49H36N2O2. The number of phenolic OH excluding ortho intramolecular Hbond substituents is 2. The predicted octanol–water partition coefficient (Wildman–Crippen LogP) is 12.3. The Morgan fingerprint density at radius 2 is 1.13 bits per heavy atom. The Morgan fingerprint density at radius 3 is 1.91 bits per heavy atom. The number of nitrogens with zero attached hydrogens (tertiary/aromatic N) is 2. The van der Waals surface area contributed by atoms with Crippen molar-refractivity contribution in [3.8, 4) is 45.1 Å². The lowest BCUT2D eigenvalue weighted by Gasteiger charge is -2.18. The summed E-state index contributed by atoms with van der Waals surface area (Å²) in [6.07, 6.45) is 3.91. The average molecular weight is 685 g/mol. The Labute approximate surface area is 307 Å². The molecule has 2 N–H and O–H groups in total. The second-order valence-electron chi connectivity index (χ2n) is 14.0. The second-order valence-corrected chi connectivity index (χ2v) is 14.0. The number of aromatic hydroxyl groups is 2. The number of phenols is 2. The molecule has 0 aliphatic heterocycles. The van der Waals surface area contributed by atoms with Gasteiger partial charge in [-0.15, -0.1) is 0 Å². The summed E-state index contributed by atoms with van der Waals surface area (Å²) in [5.41, 5.74) is 13.8. The molecule has 254 valence electrons. The number of para-hydroxylation sites is 2. The van der Waals surface area contributed by atoms with Crippen molar-refractivity contribution in [3.63, 3.8) is 0 Å². The number of fused-ring (bicyclic) bond motifs is 6. The molecule has 0 saturated carbocycles. The molecule has 0 fully saturated rings. The van der Waals surface area contributed by atoms with Gasteiger partial charge in [-0.3, -0.25) is 0 Å². The van der Waals surface area contributed by atoms with Crippen LogP contribution in [-0.2, 0) is 6.42 Å². The second kappa shape index (κ2) is 12.2. The van der Waals surface area contributed by atoms with Crippen molar-refractivity contribution in [1.82, 2.24) is 9.13 Å². The van der Waals surface area contributed by atoms with Gasteiger partial charge >= 0.3 is 0 Å². The summed E-state index contributed by atoms with van der Waals surface area (Å²) in [5, 5.41) is 27.7. The van der Waals surface area contributed by atoms with E-state index in [1.54, 1.807) is 0 Å². The molecule has 4 heteroatoms. The van der Waals surface area contributed by atoms with Crippen LogP contribution < -0.4 is 0 Å². The van der Waals surface area contributed by atoms with E-state index >= 15 is 0 Å². The van der Waals surface area contributed by atoms with E-state index in [1.165, 1.54) is 11.1 Å². The standard InChI is InChI=1S/C49H36N2O2/c1-31-47-46(49(53)45(48(31)52)36-25-27-43-40(30-36)39-22-11-12-23-42(39)50(43)37-19-9-4-10-20-37)41-29-35(33-16-7-3-8-17-33)24-26-44(41)51(47)38-21-13-18-34(28-38)32-14-5-2-6-15-32/h2-23,25,27-30,52-53H,24,26H2,1H3. The number of aryl methyl sites for hydroxylation is 1. The predicted molar refractivity (Wildman–Crippen MR) is 219 cm³/mol. The Bertz CT molecular complexity index is 2900. The molecule has 53 heavy (non-hydrogen) atoms. The highest BCUT2D eigenvalue weighted by atomic mass is 16.3. The van der Waals surface area contributed by atoms with Crippen LogP contribution in [0.4, 0.5) is 0 Å².